The molecule has 43 heavy (non-hydrogen) atoms. The highest BCUT2D eigenvalue weighted by molar-refractivity contribution is 6.16. The van der Waals surface area contributed by atoms with Crippen LogP contribution in [0.4, 0.5) is 0 Å². The molecule has 3 aromatic carbocycles. The van der Waals surface area contributed by atoms with E-state index < -0.39 is 0 Å². The zero-order chi connectivity index (χ0) is 29.5. The van der Waals surface area contributed by atoms with Crippen molar-refractivity contribution in [2.75, 3.05) is 0 Å². The van der Waals surface area contributed by atoms with E-state index in [1.807, 2.05) is 36.7 Å². The lowest BCUT2D eigenvalue weighted by atomic mass is 9.88. The Kier molecular flexibility index (Phi) is 5.48. The molecular formula is C37H31N3O3. The van der Waals surface area contributed by atoms with Gasteiger partial charge < -0.3 is 13.6 Å². The first-order chi connectivity index (χ1) is 20.7. The van der Waals surface area contributed by atoms with Crippen LogP contribution in [0.1, 0.15) is 51.7 Å². The van der Waals surface area contributed by atoms with Crippen LogP contribution in [0.25, 0.3) is 60.9 Å². The monoisotopic (exact) mass is 565 g/mol. The highest BCUT2D eigenvalue weighted by atomic mass is 16.5. The summed E-state index contributed by atoms with van der Waals surface area (Å²) in [5, 5.41) is 4.10. The highest BCUT2D eigenvalue weighted by Crippen LogP contribution is 2.40. The molecule has 5 heterocycles. The fourth-order valence-electron chi connectivity index (χ4n) is 5.95. The van der Waals surface area contributed by atoms with Crippen LogP contribution in [0, 0.1) is 0 Å². The predicted molar refractivity (Wildman–Crippen MR) is 173 cm³/mol. The Hall–Kier alpha value is -5.10. The van der Waals surface area contributed by atoms with Crippen molar-refractivity contribution in [3.8, 4) is 17.3 Å². The number of hydrogen-bond acceptors (Lipinski definition) is 5. The van der Waals surface area contributed by atoms with Gasteiger partial charge in [0.15, 0.2) is 5.58 Å². The minimum absolute atomic E-state index is 0.0295. The SMILES string of the molecule is CC(C)c1ccnc(-n2c3ccccc3c3ccc(Oc4ccc5oc6oc7cc(C(C)(C)C)cnc7c6c5c4)cc32)c1. The summed E-state index contributed by atoms with van der Waals surface area (Å²) in [6.07, 6.45) is 3.82. The Morgan fingerprint density at radius 2 is 1.51 bits per heavy atom. The Bertz CT molecular complexity index is 2350. The topological polar surface area (TPSA) is 66.2 Å². The summed E-state index contributed by atoms with van der Waals surface area (Å²) in [5.41, 5.74) is 6.73. The molecule has 0 bridgehead atoms. The largest absolute Gasteiger partial charge is 0.457 e. The van der Waals surface area contributed by atoms with E-state index in [4.69, 9.17) is 23.5 Å². The second-order valence-electron chi connectivity index (χ2n) is 12.6. The molecular weight excluding hydrogens is 534 g/mol. The molecule has 212 valence electrons. The van der Waals surface area contributed by atoms with Crippen molar-refractivity contribution >= 4 is 55.0 Å². The second kappa shape index (κ2) is 9.20. The molecule has 0 fully saturated rings. The van der Waals surface area contributed by atoms with E-state index in [9.17, 15) is 0 Å². The van der Waals surface area contributed by atoms with E-state index in [0.29, 0.717) is 17.4 Å². The summed E-state index contributed by atoms with van der Waals surface area (Å²) in [4.78, 5) is 9.55. The molecule has 0 saturated carbocycles. The number of ether oxygens (including phenoxy) is 1. The minimum atomic E-state index is -0.0295. The van der Waals surface area contributed by atoms with Crippen LogP contribution in [-0.4, -0.2) is 14.5 Å². The molecule has 0 aliphatic rings. The number of fused-ring (bicyclic) bond motifs is 8. The third-order valence-electron chi connectivity index (χ3n) is 8.33. The molecule has 0 amide bonds. The molecule has 0 spiro atoms. The number of benzene rings is 3. The van der Waals surface area contributed by atoms with Crippen LogP contribution in [0.2, 0.25) is 0 Å². The Labute approximate surface area is 248 Å². The van der Waals surface area contributed by atoms with Crippen LogP contribution in [0.5, 0.6) is 11.5 Å². The van der Waals surface area contributed by atoms with Gasteiger partial charge in [0.25, 0.3) is 0 Å². The lowest BCUT2D eigenvalue weighted by Crippen LogP contribution is -2.10. The number of furan rings is 2. The first-order valence-electron chi connectivity index (χ1n) is 14.7. The molecule has 0 N–H and O–H groups in total. The van der Waals surface area contributed by atoms with E-state index in [2.05, 4.69) is 93.8 Å². The van der Waals surface area contributed by atoms with Crippen LogP contribution in [0.3, 0.4) is 0 Å². The van der Waals surface area contributed by atoms with Crippen LogP contribution in [-0.2, 0) is 5.41 Å². The van der Waals surface area contributed by atoms with E-state index in [1.165, 1.54) is 10.9 Å². The van der Waals surface area contributed by atoms with E-state index in [1.54, 1.807) is 0 Å². The van der Waals surface area contributed by atoms with Crippen LogP contribution in [0.15, 0.2) is 100 Å². The van der Waals surface area contributed by atoms with E-state index >= 15 is 0 Å². The second-order valence-corrected chi connectivity index (χ2v) is 12.6. The average molecular weight is 566 g/mol. The molecule has 5 aromatic heterocycles. The van der Waals surface area contributed by atoms with Crippen molar-refractivity contribution in [3.05, 3.63) is 102 Å². The number of nitrogens with zero attached hydrogens (tertiary/aromatic N) is 3. The Balaban J connectivity index is 1.24. The number of pyridine rings is 2. The maximum absolute atomic E-state index is 6.49. The molecule has 8 rings (SSSR count). The number of para-hydroxylation sites is 1. The summed E-state index contributed by atoms with van der Waals surface area (Å²) in [6.45, 7) is 10.9. The molecule has 6 heteroatoms. The summed E-state index contributed by atoms with van der Waals surface area (Å²) < 4.78 is 20.9. The summed E-state index contributed by atoms with van der Waals surface area (Å²) in [5.74, 6) is 3.22. The van der Waals surface area contributed by atoms with Gasteiger partial charge in [-0.1, -0.05) is 52.8 Å². The summed E-state index contributed by atoms with van der Waals surface area (Å²) in [6, 6.07) is 26.9. The molecule has 0 radical (unpaired) electrons. The van der Waals surface area contributed by atoms with Gasteiger partial charge in [0.1, 0.15) is 28.4 Å². The first-order valence-corrected chi connectivity index (χ1v) is 14.7. The molecule has 0 unspecified atom stereocenters. The minimum Gasteiger partial charge on any atom is -0.457 e. The van der Waals surface area contributed by atoms with Gasteiger partial charge in [-0.15, -0.1) is 0 Å². The fourth-order valence-corrected chi connectivity index (χ4v) is 5.95. The third kappa shape index (κ3) is 4.08. The maximum atomic E-state index is 6.49. The van der Waals surface area contributed by atoms with Gasteiger partial charge >= 0.3 is 5.78 Å². The molecule has 0 atom stereocenters. The molecule has 0 saturated heterocycles. The fraction of sp³-hybridized carbons (Fsp3) is 0.189. The zero-order valence-electron chi connectivity index (χ0n) is 24.8. The van der Waals surface area contributed by atoms with Crippen molar-refractivity contribution in [2.45, 2.75) is 46.0 Å². The standard InChI is InChI=1S/C37H31N3O3/c1-21(2)22-14-15-38-33(16-22)40-29-9-7-6-8-26(29)27-12-10-25(19-30(27)40)41-24-11-13-31-28(18-24)34-35-32(43-36(34)42-31)17-23(20-39-35)37(3,4)5/h6-21H,1-5H3. The van der Waals surface area contributed by atoms with Gasteiger partial charge in [0.2, 0.25) is 0 Å². The van der Waals surface area contributed by atoms with Gasteiger partial charge in [0, 0.05) is 34.6 Å². The van der Waals surface area contributed by atoms with Crippen molar-refractivity contribution in [3.63, 3.8) is 0 Å². The van der Waals surface area contributed by atoms with Crippen LogP contribution >= 0.6 is 0 Å². The normalized spacial score (nSPS) is 12.5. The van der Waals surface area contributed by atoms with Gasteiger partial charge in [-0.3, -0.25) is 9.55 Å². The van der Waals surface area contributed by atoms with Crippen molar-refractivity contribution in [2.24, 2.45) is 0 Å². The molecule has 6 nitrogen and oxygen atoms in total. The maximum Gasteiger partial charge on any atom is 0.301 e. The van der Waals surface area contributed by atoms with E-state index in [-0.39, 0.29) is 5.41 Å². The van der Waals surface area contributed by atoms with Gasteiger partial charge in [-0.2, -0.15) is 0 Å². The molecule has 8 aromatic rings. The van der Waals surface area contributed by atoms with Gasteiger partial charge in [-0.05, 0) is 77.1 Å². The van der Waals surface area contributed by atoms with Crippen LogP contribution < -0.4 is 4.74 Å². The Morgan fingerprint density at radius 1 is 0.744 bits per heavy atom. The Morgan fingerprint density at radius 3 is 2.35 bits per heavy atom. The quantitative estimate of drug-likeness (QED) is 0.212. The molecule has 0 aliphatic heterocycles. The average Bonchev–Trinajstić information content (AvgIpc) is 3.63. The highest BCUT2D eigenvalue weighted by Gasteiger charge is 2.21. The van der Waals surface area contributed by atoms with Crippen molar-refractivity contribution in [1.29, 1.82) is 0 Å². The van der Waals surface area contributed by atoms with E-state index in [0.717, 1.165) is 61.0 Å². The molecule has 0 aliphatic carbocycles. The van der Waals surface area contributed by atoms with Crippen molar-refractivity contribution in [1.82, 2.24) is 14.5 Å². The van der Waals surface area contributed by atoms with Crippen molar-refractivity contribution < 1.29 is 13.6 Å². The number of hydrogen-bond donors (Lipinski definition) is 0. The first kappa shape index (κ1) is 25.6. The third-order valence-corrected chi connectivity index (χ3v) is 8.33. The van der Waals surface area contributed by atoms with Gasteiger partial charge in [0.05, 0.1) is 16.4 Å². The number of aromatic nitrogens is 3. The van der Waals surface area contributed by atoms with Gasteiger partial charge in [-0.25, -0.2) is 4.98 Å². The lowest BCUT2D eigenvalue weighted by molar-refractivity contribution is 0.483. The predicted octanol–water partition coefficient (Wildman–Crippen LogP) is 10.4. The summed E-state index contributed by atoms with van der Waals surface area (Å²) in [7, 11) is 0. The number of rotatable bonds is 4. The summed E-state index contributed by atoms with van der Waals surface area (Å²) >= 11 is 0. The smallest absolute Gasteiger partial charge is 0.301 e. The lowest BCUT2D eigenvalue weighted by Gasteiger charge is -2.17. The zero-order valence-corrected chi connectivity index (χ0v) is 24.8.